The zero-order valence-corrected chi connectivity index (χ0v) is 17.7. The van der Waals surface area contributed by atoms with Gasteiger partial charge in [0, 0.05) is 18.0 Å². The minimum atomic E-state index is -0.869. The third-order valence-electron chi connectivity index (χ3n) is 6.41. The Morgan fingerprint density at radius 2 is 1.48 bits per heavy atom. The third-order valence-corrected chi connectivity index (χ3v) is 6.41. The maximum absolute atomic E-state index is 13.4. The number of halogens is 2. The highest BCUT2D eigenvalue weighted by Crippen LogP contribution is 2.34. The van der Waals surface area contributed by atoms with E-state index in [0.29, 0.717) is 11.4 Å². The summed E-state index contributed by atoms with van der Waals surface area (Å²) in [5.41, 5.74) is 1.62. The number of rotatable bonds is 10. The Labute approximate surface area is 174 Å². The quantitative estimate of drug-likeness (QED) is 0.385. The first-order chi connectivity index (χ1) is 14.2. The van der Waals surface area contributed by atoms with Gasteiger partial charge in [0.1, 0.15) is 0 Å². The van der Waals surface area contributed by atoms with Crippen LogP contribution in [-0.4, -0.2) is 9.97 Å². The van der Waals surface area contributed by atoms with E-state index in [1.165, 1.54) is 76.7 Å². The van der Waals surface area contributed by atoms with Crippen molar-refractivity contribution in [2.45, 2.75) is 84.0 Å². The summed E-state index contributed by atoms with van der Waals surface area (Å²) in [6.07, 6.45) is 19.7. The fourth-order valence-corrected chi connectivity index (χ4v) is 4.48. The van der Waals surface area contributed by atoms with Crippen molar-refractivity contribution < 1.29 is 8.78 Å². The second-order valence-corrected chi connectivity index (χ2v) is 8.67. The SMILES string of the molecule is CCCCCCC[C@H]1CC[C@H](CCc2cnc(-c3ccc(F)c(F)c3)nc2)CC1. The van der Waals surface area contributed by atoms with Gasteiger partial charge >= 0.3 is 0 Å². The third kappa shape index (κ3) is 6.87. The fourth-order valence-electron chi connectivity index (χ4n) is 4.48. The summed E-state index contributed by atoms with van der Waals surface area (Å²) in [4.78, 5) is 8.70. The molecule has 0 unspecified atom stereocenters. The van der Waals surface area contributed by atoms with Crippen LogP contribution in [0.2, 0.25) is 0 Å². The van der Waals surface area contributed by atoms with E-state index in [2.05, 4.69) is 16.9 Å². The number of hydrogen-bond donors (Lipinski definition) is 0. The minimum absolute atomic E-state index is 0.437. The highest BCUT2D eigenvalue weighted by molar-refractivity contribution is 5.54. The molecule has 1 aromatic heterocycles. The largest absolute Gasteiger partial charge is 0.236 e. The lowest BCUT2D eigenvalue weighted by Gasteiger charge is -2.28. The Hall–Kier alpha value is -1.84. The minimum Gasteiger partial charge on any atom is -0.236 e. The van der Waals surface area contributed by atoms with Crippen molar-refractivity contribution in [1.29, 1.82) is 0 Å². The second kappa shape index (κ2) is 11.4. The van der Waals surface area contributed by atoms with Gasteiger partial charge < -0.3 is 0 Å². The van der Waals surface area contributed by atoms with Crippen LogP contribution < -0.4 is 0 Å². The monoisotopic (exact) mass is 400 g/mol. The summed E-state index contributed by atoms with van der Waals surface area (Å²) in [6.45, 7) is 2.27. The zero-order chi connectivity index (χ0) is 20.5. The van der Waals surface area contributed by atoms with Gasteiger partial charge in [-0.15, -0.1) is 0 Å². The van der Waals surface area contributed by atoms with Gasteiger partial charge in [-0.1, -0.05) is 71.1 Å². The van der Waals surface area contributed by atoms with E-state index in [-0.39, 0.29) is 0 Å². The van der Waals surface area contributed by atoms with Crippen LogP contribution in [0.5, 0.6) is 0 Å². The summed E-state index contributed by atoms with van der Waals surface area (Å²) < 4.78 is 26.5. The molecule has 0 amide bonds. The molecule has 4 heteroatoms. The maximum Gasteiger partial charge on any atom is 0.159 e. The van der Waals surface area contributed by atoms with E-state index < -0.39 is 11.6 Å². The lowest BCUT2D eigenvalue weighted by atomic mass is 9.78. The standard InChI is InChI=1S/C25H34F2N2/c1-2-3-4-5-6-7-19-8-10-20(11-9-19)12-13-21-17-28-25(29-18-21)22-14-15-23(26)24(27)16-22/h14-20H,2-13H2,1H3/t19-,20-. The molecular formula is C25H34F2N2. The molecule has 1 aromatic carbocycles. The number of benzene rings is 1. The molecule has 1 saturated carbocycles. The van der Waals surface area contributed by atoms with E-state index in [1.54, 1.807) is 0 Å². The summed E-state index contributed by atoms with van der Waals surface area (Å²) >= 11 is 0. The molecule has 0 spiro atoms. The highest BCUT2D eigenvalue weighted by Gasteiger charge is 2.20. The lowest BCUT2D eigenvalue weighted by molar-refractivity contribution is 0.248. The van der Waals surface area contributed by atoms with Gasteiger partial charge in [-0.05, 0) is 48.4 Å². The summed E-state index contributed by atoms with van der Waals surface area (Å²) in [7, 11) is 0. The molecule has 0 radical (unpaired) electrons. The Morgan fingerprint density at radius 3 is 2.14 bits per heavy atom. The van der Waals surface area contributed by atoms with Crippen molar-refractivity contribution >= 4 is 0 Å². The van der Waals surface area contributed by atoms with Crippen LogP contribution >= 0.6 is 0 Å². The first-order valence-electron chi connectivity index (χ1n) is 11.4. The van der Waals surface area contributed by atoms with Crippen LogP contribution in [0.1, 0.15) is 83.1 Å². The molecule has 158 valence electrons. The van der Waals surface area contributed by atoms with Gasteiger partial charge in [0.05, 0.1) is 0 Å². The Kier molecular flexibility index (Phi) is 8.57. The van der Waals surface area contributed by atoms with Crippen molar-refractivity contribution in [3.05, 3.63) is 47.8 Å². The van der Waals surface area contributed by atoms with Crippen LogP contribution in [0.4, 0.5) is 8.78 Å². The molecule has 2 nitrogen and oxygen atoms in total. The average molecular weight is 401 g/mol. The van der Waals surface area contributed by atoms with Gasteiger partial charge in [0.25, 0.3) is 0 Å². The van der Waals surface area contributed by atoms with Gasteiger partial charge in [-0.3, -0.25) is 0 Å². The molecule has 0 aliphatic heterocycles. The van der Waals surface area contributed by atoms with E-state index in [1.807, 2.05) is 12.4 Å². The molecule has 3 rings (SSSR count). The highest BCUT2D eigenvalue weighted by atomic mass is 19.2. The van der Waals surface area contributed by atoms with Crippen LogP contribution in [0.15, 0.2) is 30.6 Å². The van der Waals surface area contributed by atoms with E-state index in [4.69, 9.17) is 0 Å². The van der Waals surface area contributed by atoms with Crippen LogP contribution in [-0.2, 0) is 6.42 Å². The molecule has 1 aliphatic rings. The fraction of sp³-hybridized carbons (Fsp3) is 0.600. The summed E-state index contributed by atoms with van der Waals surface area (Å²) in [5, 5.41) is 0. The molecule has 2 aromatic rings. The number of unbranched alkanes of at least 4 members (excludes halogenated alkanes) is 4. The van der Waals surface area contributed by atoms with Gasteiger partial charge in [0.2, 0.25) is 0 Å². The lowest BCUT2D eigenvalue weighted by Crippen LogP contribution is -2.15. The van der Waals surface area contributed by atoms with Crippen molar-refractivity contribution in [3.63, 3.8) is 0 Å². The van der Waals surface area contributed by atoms with Gasteiger partial charge in [0.15, 0.2) is 17.5 Å². The smallest absolute Gasteiger partial charge is 0.159 e. The Morgan fingerprint density at radius 1 is 0.828 bits per heavy atom. The van der Waals surface area contributed by atoms with E-state index >= 15 is 0 Å². The zero-order valence-electron chi connectivity index (χ0n) is 17.7. The predicted octanol–water partition coefficient (Wildman–Crippen LogP) is 7.52. The second-order valence-electron chi connectivity index (χ2n) is 8.67. The van der Waals surface area contributed by atoms with Crippen LogP contribution in [0.3, 0.4) is 0 Å². The van der Waals surface area contributed by atoms with Crippen molar-refractivity contribution in [1.82, 2.24) is 9.97 Å². The molecule has 1 heterocycles. The Balaban J connectivity index is 1.38. The van der Waals surface area contributed by atoms with Gasteiger partial charge in [-0.25, -0.2) is 18.7 Å². The van der Waals surface area contributed by atoms with Crippen LogP contribution in [0, 0.1) is 23.5 Å². The molecule has 29 heavy (non-hydrogen) atoms. The van der Waals surface area contributed by atoms with Crippen LogP contribution in [0.25, 0.3) is 11.4 Å². The van der Waals surface area contributed by atoms with E-state index in [0.717, 1.165) is 36.0 Å². The molecular weight excluding hydrogens is 366 g/mol. The first-order valence-corrected chi connectivity index (χ1v) is 11.4. The molecule has 0 N–H and O–H groups in total. The molecule has 1 fully saturated rings. The summed E-state index contributed by atoms with van der Waals surface area (Å²) in [5.74, 6) is 0.485. The number of nitrogens with zero attached hydrogens (tertiary/aromatic N) is 2. The number of aryl methyl sites for hydroxylation is 1. The van der Waals surface area contributed by atoms with Crippen molar-refractivity contribution in [2.24, 2.45) is 11.8 Å². The van der Waals surface area contributed by atoms with Gasteiger partial charge in [-0.2, -0.15) is 0 Å². The normalized spacial score (nSPS) is 19.4. The maximum atomic E-state index is 13.4. The first kappa shape index (κ1) is 21.9. The molecule has 1 aliphatic carbocycles. The number of hydrogen-bond acceptors (Lipinski definition) is 2. The van der Waals surface area contributed by atoms with Crippen molar-refractivity contribution in [3.8, 4) is 11.4 Å². The Bertz CT molecular complexity index is 737. The molecule has 0 bridgehead atoms. The predicted molar refractivity (Wildman–Crippen MR) is 115 cm³/mol. The summed E-state index contributed by atoms with van der Waals surface area (Å²) in [6, 6.07) is 3.77. The average Bonchev–Trinajstić information content (AvgIpc) is 2.75. The topological polar surface area (TPSA) is 25.8 Å². The van der Waals surface area contributed by atoms with E-state index in [9.17, 15) is 8.78 Å². The number of aromatic nitrogens is 2. The molecule has 0 saturated heterocycles. The van der Waals surface area contributed by atoms with Crippen molar-refractivity contribution in [2.75, 3.05) is 0 Å². The molecule has 0 atom stereocenters.